The smallest absolute Gasteiger partial charge is 0.343 e. The molecule has 1 aliphatic rings. The van der Waals surface area contributed by atoms with E-state index < -0.39 is 11.8 Å². The first-order chi connectivity index (χ1) is 13.1. The molecular formula is C21H12FNO4. The third-order valence-electron chi connectivity index (χ3n) is 3.89. The number of carbonyl (C=O) groups excluding carboxylic acids is 2. The van der Waals surface area contributed by atoms with E-state index in [1.54, 1.807) is 30.6 Å². The van der Waals surface area contributed by atoms with Crippen molar-refractivity contribution in [3.05, 3.63) is 95.3 Å². The zero-order valence-corrected chi connectivity index (χ0v) is 13.9. The molecule has 0 unspecified atom stereocenters. The molecule has 0 amide bonds. The first-order valence-electron chi connectivity index (χ1n) is 8.06. The Labute approximate surface area is 153 Å². The number of fused-ring (bicyclic) bond motifs is 1. The van der Waals surface area contributed by atoms with Crippen molar-refractivity contribution in [2.24, 2.45) is 0 Å². The number of Topliss-reactive ketones (excluding diaryl/α,β-unsaturated/α-hetero) is 1. The van der Waals surface area contributed by atoms with Crippen LogP contribution in [0, 0.1) is 5.82 Å². The Hall–Kier alpha value is -3.80. The monoisotopic (exact) mass is 361 g/mol. The predicted molar refractivity (Wildman–Crippen MR) is 95.0 cm³/mol. The lowest BCUT2D eigenvalue weighted by atomic mass is 10.1. The van der Waals surface area contributed by atoms with Crippen molar-refractivity contribution in [3.63, 3.8) is 0 Å². The summed E-state index contributed by atoms with van der Waals surface area (Å²) in [7, 11) is 0. The second-order valence-corrected chi connectivity index (χ2v) is 5.78. The van der Waals surface area contributed by atoms with Crippen LogP contribution in [0.4, 0.5) is 4.39 Å². The number of benzene rings is 2. The second-order valence-electron chi connectivity index (χ2n) is 5.78. The molecule has 3 aromatic rings. The molecule has 2 aromatic carbocycles. The largest absolute Gasteiger partial charge is 0.452 e. The van der Waals surface area contributed by atoms with Gasteiger partial charge in [0.25, 0.3) is 0 Å². The number of esters is 1. The van der Waals surface area contributed by atoms with Gasteiger partial charge < -0.3 is 9.47 Å². The highest BCUT2D eigenvalue weighted by atomic mass is 19.1. The molecule has 2 heterocycles. The summed E-state index contributed by atoms with van der Waals surface area (Å²) in [5.74, 6) is -0.857. The molecule has 0 spiro atoms. The van der Waals surface area contributed by atoms with Gasteiger partial charge in [-0.1, -0.05) is 12.1 Å². The molecule has 0 fully saturated rings. The van der Waals surface area contributed by atoms with Crippen LogP contribution in [0.15, 0.2) is 72.8 Å². The molecule has 0 aliphatic carbocycles. The lowest BCUT2D eigenvalue weighted by Crippen LogP contribution is -2.08. The Morgan fingerprint density at radius 3 is 2.78 bits per heavy atom. The molecule has 4 rings (SSSR count). The Balaban J connectivity index is 1.56. The molecule has 6 heteroatoms. The van der Waals surface area contributed by atoms with Crippen molar-refractivity contribution in [1.29, 1.82) is 0 Å². The maximum atomic E-state index is 13.2. The van der Waals surface area contributed by atoms with Crippen molar-refractivity contribution in [2.45, 2.75) is 0 Å². The van der Waals surface area contributed by atoms with Crippen LogP contribution in [0.3, 0.4) is 0 Å². The number of hydrogen-bond donors (Lipinski definition) is 0. The highest BCUT2D eigenvalue weighted by Crippen LogP contribution is 2.35. The van der Waals surface area contributed by atoms with Crippen LogP contribution in [0.5, 0.6) is 11.5 Å². The summed E-state index contributed by atoms with van der Waals surface area (Å²) in [5, 5.41) is 0. The van der Waals surface area contributed by atoms with E-state index in [1.165, 1.54) is 36.4 Å². The number of aromatic nitrogens is 1. The van der Waals surface area contributed by atoms with Crippen LogP contribution < -0.4 is 9.47 Å². The number of nitrogens with zero attached hydrogens (tertiary/aromatic N) is 1. The van der Waals surface area contributed by atoms with Gasteiger partial charge >= 0.3 is 5.97 Å². The lowest BCUT2D eigenvalue weighted by Gasteiger charge is -2.05. The van der Waals surface area contributed by atoms with E-state index in [-0.39, 0.29) is 22.9 Å². The number of carbonyl (C=O) groups is 2. The number of halogens is 1. The van der Waals surface area contributed by atoms with Crippen molar-refractivity contribution < 1.29 is 23.5 Å². The highest BCUT2D eigenvalue weighted by Gasteiger charge is 2.28. The second kappa shape index (κ2) is 6.84. The van der Waals surface area contributed by atoms with E-state index in [9.17, 15) is 14.0 Å². The molecule has 0 bridgehead atoms. The summed E-state index contributed by atoms with van der Waals surface area (Å²) >= 11 is 0. The number of hydrogen-bond acceptors (Lipinski definition) is 5. The normalized spacial score (nSPS) is 14.0. The summed E-state index contributed by atoms with van der Waals surface area (Å²) in [4.78, 5) is 28.5. The maximum Gasteiger partial charge on any atom is 0.343 e. The minimum atomic E-state index is -0.704. The quantitative estimate of drug-likeness (QED) is 0.400. The molecule has 27 heavy (non-hydrogen) atoms. The third-order valence-corrected chi connectivity index (χ3v) is 3.89. The zero-order valence-electron chi connectivity index (χ0n) is 13.9. The first-order valence-corrected chi connectivity index (χ1v) is 8.06. The van der Waals surface area contributed by atoms with Gasteiger partial charge in [-0.15, -0.1) is 0 Å². The summed E-state index contributed by atoms with van der Waals surface area (Å²) in [6.07, 6.45) is 4.83. The average Bonchev–Trinajstić information content (AvgIpc) is 2.97. The Morgan fingerprint density at radius 2 is 2.00 bits per heavy atom. The number of ketones is 1. The van der Waals surface area contributed by atoms with E-state index >= 15 is 0 Å². The molecule has 0 atom stereocenters. The van der Waals surface area contributed by atoms with Crippen molar-refractivity contribution in [1.82, 2.24) is 4.98 Å². The Kier molecular flexibility index (Phi) is 4.22. The minimum Gasteiger partial charge on any atom is -0.452 e. The van der Waals surface area contributed by atoms with Crippen LogP contribution in [-0.2, 0) is 0 Å². The third kappa shape index (κ3) is 3.46. The SMILES string of the molecule is O=C(Oc1ccc2c(c1)O/C(=C\c1cccnc1)C2=O)c1cccc(F)c1. The molecule has 0 saturated carbocycles. The van der Waals surface area contributed by atoms with Gasteiger partial charge in [-0.05, 0) is 48.0 Å². The van der Waals surface area contributed by atoms with Crippen molar-refractivity contribution in [2.75, 3.05) is 0 Å². The van der Waals surface area contributed by atoms with Crippen molar-refractivity contribution in [3.8, 4) is 11.5 Å². The Morgan fingerprint density at radius 1 is 1.11 bits per heavy atom. The minimum absolute atomic E-state index is 0.0876. The summed E-state index contributed by atoms with van der Waals surface area (Å²) in [6, 6.07) is 13.2. The molecular weight excluding hydrogens is 349 g/mol. The topological polar surface area (TPSA) is 65.5 Å². The van der Waals surface area contributed by atoms with E-state index in [2.05, 4.69) is 4.98 Å². The van der Waals surface area contributed by atoms with Gasteiger partial charge in [-0.3, -0.25) is 9.78 Å². The summed E-state index contributed by atoms with van der Waals surface area (Å²) in [6.45, 7) is 0. The predicted octanol–water partition coefficient (Wildman–Crippen LogP) is 4.06. The summed E-state index contributed by atoms with van der Waals surface area (Å²) in [5.41, 5.74) is 1.19. The van der Waals surface area contributed by atoms with Gasteiger partial charge in [0.05, 0.1) is 11.1 Å². The van der Waals surface area contributed by atoms with Gasteiger partial charge in [0.1, 0.15) is 17.3 Å². The molecule has 5 nitrogen and oxygen atoms in total. The summed E-state index contributed by atoms with van der Waals surface area (Å²) < 4.78 is 24.1. The van der Waals surface area contributed by atoms with Gasteiger partial charge in [0, 0.05) is 18.5 Å². The van der Waals surface area contributed by atoms with E-state index in [0.29, 0.717) is 11.3 Å². The van der Waals surface area contributed by atoms with Gasteiger partial charge in [0.2, 0.25) is 5.78 Å². The Bertz CT molecular complexity index is 1080. The van der Waals surface area contributed by atoms with Gasteiger partial charge in [-0.2, -0.15) is 0 Å². The zero-order chi connectivity index (χ0) is 18.8. The van der Waals surface area contributed by atoms with Crippen molar-refractivity contribution >= 4 is 17.8 Å². The maximum absolute atomic E-state index is 13.2. The van der Waals surface area contributed by atoms with E-state index in [4.69, 9.17) is 9.47 Å². The van der Waals surface area contributed by atoms with Gasteiger partial charge in [0.15, 0.2) is 5.76 Å². The van der Waals surface area contributed by atoms with Crippen LogP contribution in [0.25, 0.3) is 6.08 Å². The van der Waals surface area contributed by atoms with E-state index in [0.717, 1.165) is 11.6 Å². The van der Waals surface area contributed by atoms with Gasteiger partial charge in [-0.25, -0.2) is 9.18 Å². The van der Waals surface area contributed by atoms with Crippen LogP contribution in [0.2, 0.25) is 0 Å². The molecule has 0 saturated heterocycles. The number of allylic oxidation sites excluding steroid dienone is 1. The van der Waals surface area contributed by atoms with E-state index in [1.807, 2.05) is 0 Å². The molecule has 0 radical (unpaired) electrons. The first kappa shape index (κ1) is 16.7. The highest BCUT2D eigenvalue weighted by molar-refractivity contribution is 6.14. The molecule has 0 N–H and O–H groups in total. The lowest BCUT2D eigenvalue weighted by molar-refractivity contribution is 0.0734. The van der Waals surface area contributed by atoms with Crippen LogP contribution in [0.1, 0.15) is 26.3 Å². The molecule has 1 aliphatic heterocycles. The number of ether oxygens (including phenoxy) is 2. The fourth-order valence-corrected chi connectivity index (χ4v) is 2.62. The number of pyridine rings is 1. The average molecular weight is 361 g/mol. The molecule has 132 valence electrons. The fourth-order valence-electron chi connectivity index (χ4n) is 2.62. The number of rotatable bonds is 3. The standard InChI is InChI=1S/C21H12FNO4/c22-15-5-1-4-14(10-15)21(25)26-16-6-7-17-18(11-16)27-19(20(17)24)9-13-3-2-8-23-12-13/h1-12H/b19-9-. The molecule has 1 aromatic heterocycles. The van der Waals surface area contributed by atoms with Crippen LogP contribution >= 0.6 is 0 Å². The van der Waals surface area contributed by atoms with Crippen LogP contribution in [-0.4, -0.2) is 16.7 Å². The fraction of sp³-hybridized carbons (Fsp3) is 0.